The standard InChI is InChI=1S/C23H32N4O3.C2HF3O2/c28-20(19-3-12-30-13-4-19)27-10-6-22(7-11-27)16-26(15-18-2-1-8-24-14-18)17-23(22)5-9-25-21(23)29;3-2(4,5)1(6)7/h1-2,8,14,19H,3-7,9-13,15-17H2,(H,25,29);(H,6,7). The van der Waals surface area contributed by atoms with Crippen LogP contribution < -0.4 is 5.32 Å². The first-order valence-electron chi connectivity index (χ1n) is 12.6. The number of halogens is 3. The van der Waals surface area contributed by atoms with Gasteiger partial charge in [0.25, 0.3) is 0 Å². The molecule has 1 unspecified atom stereocenters. The summed E-state index contributed by atoms with van der Waals surface area (Å²) in [6.45, 7) is 6.26. The lowest BCUT2D eigenvalue weighted by atomic mass is 9.60. The van der Waals surface area contributed by atoms with E-state index in [2.05, 4.69) is 26.2 Å². The molecule has 1 atom stereocenters. The van der Waals surface area contributed by atoms with Crippen LogP contribution in [0.2, 0.25) is 0 Å². The predicted octanol–water partition coefficient (Wildman–Crippen LogP) is 2.07. The topological polar surface area (TPSA) is 112 Å². The van der Waals surface area contributed by atoms with Crippen molar-refractivity contribution in [1.82, 2.24) is 20.1 Å². The van der Waals surface area contributed by atoms with Crippen molar-refractivity contribution in [2.24, 2.45) is 16.7 Å². The zero-order valence-corrected chi connectivity index (χ0v) is 20.6. The van der Waals surface area contributed by atoms with Crippen LogP contribution in [0.25, 0.3) is 0 Å². The Morgan fingerprint density at radius 1 is 1.16 bits per heavy atom. The summed E-state index contributed by atoms with van der Waals surface area (Å²) < 4.78 is 37.2. The molecular formula is C25H33F3N4O5. The van der Waals surface area contributed by atoms with E-state index >= 15 is 0 Å². The van der Waals surface area contributed by atoms with E-state index in [0.29, 0.717) is 19.1 Å². The molecule has 0 bridgehead atoms. The third-order valence-electron chi connectivity index (χ3n) is 8.28. The van der Waals surface area contributed by atoms with Crippen LogP contribution in [-0.4, -0.2) is 89.8 Å². The second kappa shape index (κ2) is 10.9. The van der Waals surface area contributed by atoms with Crippen LogP contribution in [0.5, 0.6) is 0 Å². The van der Waals surface area contributed by atoms with Crippen molar-refractivity contribution < 1.29 is 37.4 Å². The number of piperidine rings is 1. The number of carboxylic acid groups (broad SMARTS) is 1. The van der Waals surface area contributed by atoms with Crippen molar-refractivity contribution in [1.29, 1.82) is 0 Å². The van der Waals surface area contributed by atoms with Crippen molar-refractivity contribution in [3.05, 3.63) is 30.1 Å². The summed E-state index contributed by atoms with van der Waals surface area (Å²) >= 11 is 0. The molecule has 9 nitrogen and oxygen atoms in total. The molecule has 4 aliphatic heterocycles. The lowest BCUT2D eigenvalue weighted by Crippen LogP contribution is -2.54. The van der Waals surface area contributed by atoms with Crippen LogP contribution >= 0.6 is 0 Å². The van der Waals surface area contributed by atoms with E-state index in [4.69, 9.17) is 14.6 Å². The summed E-state index contributed by atoms with van der Waals surface area (Å²) in [6.07, 6.45) is 3.05. The molecule has 1 aromatic heterocycles. The molecule has 5 rings (SSSR count). The molecule has 12 heteroatoms. The smallest absolute Gasteiger partial charge is 0.475 e. The van der Waals surface area contributed by atoms with Gasteiger partial charge in [-0.2, -0.15) is 13.2 Å². The van der Waals surface area contributed by atoms with Gasteiger partial charge in [-0.25, -0.2) is 4.79 Å². The van der Waals surface area contributed by atoms with Crippen LogP contribution in [0.4, 0.5) is 13.2 Å². The number of aliphatic carboxylic acids is 1. The van der Waals surface area contributed by atoms with E-state index in [1.54, 1.807) is 6.20 Å². The molecule has 0 aliphatic carbocycles. The van der Waals surface area contributed by atoms with Crippen molar-refractivity contribution in [2.75, 3.05) is 45.9 Å². The molecule has 0 aromatic carbocycles. The number of rotatable bonds is 3. The van der Waals surface area contributed by atoms with Crippen LogP contribution in [0, 0.1) is 16.7 Å². The zero-order valence-electron chi connectivity index (χ0n) is 20.6. The Morgan fingerprint density at radius 3 is 2.38 bits per heavy atom. The summed E-state index contributed by atoms with van der Waals surface area (Å²) in [7, 11) is 0. The van der Waals surface area contributed by atoms with Crippen molar-refractivity contribution >= 4 is 17.8 Å². The van der Waals surface area contributed by atoms with Crippen molar-refractivity contribution in [2.45, 2.75) is 44.8 Å². The van der Waals surface area contributed by atoms with E-state index < -0.39 is 12.1 Å². The first-order valence-corrected chi connectivity index (χ1v) is 12.6. The van der Waals surface area contributed by atoms with Gasteiger partial charge in [0.1, 0.15) is 0 Å². The largest absolute Gasteiger partial charge is 0.490 e. The molecule has 4 saturated heterocycles. The number of likely N-dealkylation sites (tertiary alicyclic amines) is 2. The Kier molecular flexibility index (Phi) is 8.08. The van der Waals surface area contributed by atoms with Gasteiger partial charge in [0.05, 0.1) is 5.41 Å². The van der Waals surface area contributed by atoms with Gasteiger partial charge in [-0.15, -0.1) is 0 Å². The first-order chi connectivity index (χ1) is 17.6. The lowest BCUT2D eigenvalue weighted by Gasteiger charge is -2.47. The van der Waals surface area contributed by atoms with Crippen LogP contribution in [-0.2, 0) is 25.7 Å². The molecule has 0 saturated carbocycles. The van der Waals surface area contributed by atoms with Gasteiger partial charge in [0.2, 0.25) is 11.8 Å². The van der Waals surface area contributed by atoms with Crippen LogP contribution in [0.1, 0.15) is 37.7 Å². The summed E-state index contributed by atoms with van der Waals surface area (Å²) in [5.41, 5.74) is 0.834. The highest BCUT2D eigenvalue weighted by Crippen LogP contribution is 2.56. The molecular weight excluding hydrogens is 493 g/mol. The number of ether oxygens (including phenoxy) is 1. The predicted molar refractivity (Wildman–Crippen MR) is 125 cm³/mol. The number of carbonyl (C=O) groups is 3. The number of alkyl halides is 3. The number of carbonyl (C=O) groups excluding carboxylic acids is 2. The maximum Gasteiger partial charge on any atom is 0.490 e. The SMILES string of the molecule is O=C(C1CCOCC1)N1CCC2(CC1)CN(Cc1cccnc1)CC21CCNC1=O.O=C(O)C(F)(F)F. The van der Waals surface area contributed by atoms with Crippen LogP contribution in [0.15, 0.2) is 24.5 Å². The third-order valence-corrected chi connectivity index (χ3v) is 8.28. The molecule has 37 heavy (non-hydrogen) atoms. The lowest BCUT2D eigenvalue weighted by molar-refractivity contribution is -0.192. The highest BCUT2D eigenvalue weighted by molar-refractivity contribution is 5.86. The van der Waals surface area contributed by atoms with Gasteiger partial charge in [0.15, 0.2) is 0 Å². The number of carboxylic acids is 1. The molecule has 2 spiro atoms. The zero-order chi connectivity index (χ0) is 26.7. The molecule has 2 amide bonds. The number of hydrogen-bond donors (Lipinski definition) is 2. The first kappa shape index (κ1) is 27.3. The van der Waals surface area contributed by atoms with Gasteiger partial charge >= 0.3 is 12.1 Å². The number of nitrogens with one attached hydrogen (secondary N) is 1. The minimum absolute atomic E-state index is 0.0394. The fourth-order valence-electron chi connectivity index (χ4n) is 6.37. The molecule has 204 valence electrons. The number of nitrogens with zero attached hydrogens (tertiary/aromatic N) is 3. The molecule has 4 aliphatic rings. The van der Waals surface area contributed by atoms with Gasteiger partial charge in [0, 0.05) is 76.2 Å². The fourth-order valence-corrected chi connectivity index (χ4v) is 6.37. The maximum absolute atomic E-state index is 13.1. The van der Waals surface area contributed by atoms with E-state index in [1.165, 1.54) is 5.56 Å². The minimum atomic E-state index is -5.08. The second-order valence-corrected chi connectivity index (χ2v) is 10.4. The minimum Gasteiger partial charge on any atom is -0.475 e. The Balaban J connectivity index is 0.000000405. The van der Waals surface area contributed by atoms with Gasteiger partial charge in [-0.3, -0.25) is 19.5 Å². The van der Waals surface area contributed by atoms with E-state index in [0.717, 1.165) is 71.4 Å². The normalized spacial score (nSPS) is 26.1. The van der Waals surface area contributed by atoms with E-state index in [1.807, 2.05) is 12.3 Å². The highest BCUT2D eigenvalue weighted by atomic mass is 19.4. The van der Waals surface area contributed by atoms with E-state index in [-0.39, 0.29) is 22.7 Å². The van der Waals surface area contributed by atoms with Crippen LogP contribution in [0.3, 0.4) is 0 Å². The quantitative estimate of drug-likeness (QED) is 0.620. The molecule has 2 N–H and O–H groups in total. The van der Waals surface area contributed by atoms with Crippen molar-refractivity contribution in [3.8, 4) is 0 Å². The number of aromatic nitrogens is 1. The Labute approximate surface area is 213 Å². The van der Waals surface area contributed by atoms with Gasteiger partial charge in [-0.05, 0) is 43.7 Å². The summed E-state index contributed by atoms with van der Waals surface area (Å²) in [5, 5.41) is 10.2. The van der Waals surface area contributed by atoms with Gasteiger partial charge < -0.3 is 20.1 Å². The Hall–Kier alpha value is -2.73. The average molecular weight is 527 g/mol. The summed E-state index contributed by atoms with van der Waals surface area (Å²) in [6, 6.07) is 4.08. The molecule has 5 heterocycles. The number of pyridine rings is 1. The molecule has 1 aromatic rings. The average Bonchev–Trinajstić information content (AvgIpc) is 3.40. The second-order valence-electron chi connectivity index (χ2n) is 10.4. The summed E-state index contributed by atoms with van der Waals surface area (Å²) in [5.74, 6) is -2.13. The molecule has 4 fully saturated rings. The highest BCUT2D eigenvalue weighted by Gasteiger charge is 2.63. The van der Waals surface area contributed by atoms with Gasteiger partial charge in [-0.1, -0.05) is 6.07 Å². The fraction of sp³-hybridized carbons (Fsp3) is 0.680. The number of amides is 2. The third kappa shape index (κ3) is 5.74. The Morgan fingerprint density at radius 2 is 1.84 bits per heavy atom. The number of fused-ring (bicyclic) bond motifs is 1. The number of hydrogen-bond acceptors (Lipinski definition) is 6. The van der Waals surface area contributed by atoms with Crippen molar-refractivity contribution in [3.63, 3.8) is 0 Å². The monoisotopic (exact) mass is 526 g/mol. The van der Waals surface area contributed by atoms with E-state index in [9.17, 15) is 22.8 Å². The summed E-state index contributed by atoms with van der Waals surface area (Å²) in [4.78, 5) is 43.7. The molecule has 0 radical (unpaired) electrons. The Bertz CT molecular complexity index is 978. The maximum atomic E-state index is 13.1.